The van der Waals surface area contributed by atoms with Crippen molar-refractivity contribution in [2.45, 2.75) is 25.1 Å². The van der Waals surface area contributed by atoms with Crippen LogP contribution in [0, 0.1) is 0 Å². The van der Waals surface area contributed by atoms with E-state index < -0.39 is 12.1 Å². The van der Waals surface area contributed by atoms with E-state index in [9.17, 15) is 14.7 Å². The number of ether oxygens (including phenoxy) is 1. The van der Waals surface area contributed by atoms with Crippen LogP contribution in [-0.4, -0.2) is 58.9 Å². The van der Waals surface area contributed by atoms with Gasteiger partial charge in [0.2, 0.25) is 0 Å². The van der Waals surface area contributed by atoms with Crippen molar-refractivity contribution in [2.75, 3.05) is 20.3 Å². The van der Waals surface area contributed by atoms with Crippen molar-refractivity contribution in [1.29, 1.82) is 0 Å². The molecule has 3 N–H and O–H groups in total. The van der Waals surface area contributed by atoms with Crippen LogP contribution in [0.1, 0.15) is 32.7 Å². The highest BCUT2D eigenvalue weighted by molar-refractivity contribution is 6.05. The molecule has 0 radical (unpaired) electrons. The molecule has 3 heterocycles. The molecule has 2 aromatic heterocycles. The van der Waals surface area contributed by atoms with E-state index >= 15 is 0 Å². The number of aliphatic hydroxyl groups is 1. The number of hydrogen-bond acceptors (Lipinski definition) is 5. The van der Waals surface area contributed by atoms with Crippen LogP contribution in [0.15, 0.2) is 48.8 Å². The molecule has 30 heavy (non-hydrogen) atoms. The van der Waals surface area contributed by atoms with Gasteiger partial charge in [0.25, 0.3) is 11.8 Å². The third kappa shape index (κ3) is 4.05. The molecule has 0 bridgehead atoms. The van der Waals surface area contributed by atoms with Gasteiger partial charge in [-0.1, -0.05) is 12.1 Å². The van der Waals surface area contributed by atoms with Crippen molar-refractivity contribution in [3.05, 3.63) is 65.5 Å². The van der Waals surface area contributed by atoms with Crippen molar-refractivity contribution < 1.29 is 19.4 Å². The first kappa shape index (κ1) is 20.1. The lowest BCUT2D eigenvalue weighted by atomic mass is 10.1. The van der Waals surface area contributed by atoms with E-state index in [0.717, 1.165) is 11.1 Å². The normalized spacial score (nSPS) is 18.9. The number of benzene rings is 1. The van der Waals surface area contributed by atoms with E-state index in [-0.39, 0.29) is 18.4 Å². The van der Waals surface area contributed by atoms with Crippen molar-refractivity contribution >= 4 is 22.8 Å². The predicted molar refractivity (Wildman–Crippen MR) is 111 cm³/mol. The van der Waals surface area contributed by atoms with Crippen LogP contribution >= 0.6 is 0 Å². The molecule has 8 nitrogen and oxygen atoms in total. The molecule has 0 aliphatic carbocycles. The van der Waals surface area contributed by atoms with Crippen molar-refractivity contribution in [1.82, 2.24) is 20.2 Å². The SMILES string of the molecule is CNC(=O)c1ccc(Cn2cc(C(=O)N[C@H]3COCC[C@@H]3O)c3ncccc32)cc1. The second kappa shape index (κ2) is 8.64. The quantitative estimate of drug-likeness (QED) is 0.591. The number of rotatable bonds is 5. The van der Waals surface area contributed by atoms with Gasteiger partial charge >= 0.3 is 0 Å². The fraction of sp³-hybridized carbons (Fsp3) is 0.318. The van der Waals surface area contributed by atoms with Crippen LogP contribution in [0.4, 0.5) is 0 Å². The molecular weight excluding hydrogens is 384 g/mol. The van der Waals surface area contributed by atoms with Crippen LogP contribution in [0.25, 0.3) is 11.0 Å². The van der Waals surface area contributed by atoms with Gasteiger partial charge in [0.1, 0.15) is 5.52 Å². The minimum absolute atomic E-state index is 0.134. The average Bonchev–Trinajstić information content (AvgIpc) is 3.14. The maximum atomic E-state index is 12.9. The molecule has 1 aromatic carbocycles. The molecule has 1 aliphatic heterocycles. The number of aromatic nitrogens is 2. The molecule has 0 spiro atoms. The molecule has 0 unspecified atom stereocenters. The zero-order valence-corrected chi connectivity index (χ0v) is 16.7. The van der Waals surface area contributed by atoms with Gasteiger partial charge in [-0.15, -0.1) is 0 Å². The van der Waals surface area contributed by atoms with E-state index in [0.29, 0.717) is 36.2 Å². The minimum atomic E-state index is -0.622. The Hall–Kier alpha value is -3.23. The van der Waals surface area contributed by atoms with Crippen LogP contribution in [0.2, 0.25) is 0 Å². The lowest BCUT2D eigenvalue weighted by Crippen LogP contribution is -2.49. The first-order valence-corrected chi connectivity index (χ1v) is 9.88. The monoisotopic (exact) mass is 408 g/mol. The van der Waals surface area contributed by atoms with E-state index in [2.05, 4.69) is 15.6 Å². The number of hydrogen-bond donors (Lipinski definition) is 3. The predicted octanol–water partition coefficient (Wildman–Crippen LogP) is 1.32. The standard InChI is InChI=1S/C22H24N4O4/c1-23-21(28)15-6-4-14(5-7-15)11-26-12-16(20-18(26)3-2-9-24-20)22(29)25-17-13-30-10-8-19(17)27/h2-7,9,12,17,19,27H,8,10-11,13H2,1H3,(H,23,28)(H,25,29)/t17-,19-/m0/s1. The Morgan fingerprint density at radius 3 is 2.77 bits per heavy atom. The summed E-state index contributed by atoms with van der Waals surface area (Å²) in [6, 6.07) is 10.6. The summed E-state index contributed by atoms with van der Waals surface area (Å²) in [5.74, 6) is -0.424. The van der Waals surface area contributed by atoms with Gasteiger partial charge in [-0.2, -0.15) is 0 Å². The second-order valence-corrected chi connectivity index (χ2v) is 7.33. The zero-order valence-electron chi connectivity index (χ0n) is 16.7. The van der Waals surface area contributed by atoms with Crippen molar-refractivity contribution in [3.8, 4) is 0 Å². The van der Waals surface area contributed by atoms with E-state index in [1.165, 1.54) is 0 Å². The third-order valence-electron chi connectivity index (χ3n) is 5.31. The Bertz CT molecular complexity index is 1060. The summed E-state index contributed by atoms with van der Waals surface area (Å²) in [5.41, 5.74) is 3.46. The number of nitrogens with zero attached hydrogens (tertiary/aromatic N) is 2. The summed E-state index contributed by atoms with van der Waals surface area (Å²) < 4.78 is 7.33. The van der Waals surface area contributed by atoms with Gasteiger partial charge in [0.15, 0.2) is 0 Å². The molecular formula is C22H24N4O4. The molecule has 1 fully saturated rings. The van der Waals surface area contributed by atoms with Gasteiger partial charge in [0, 0.05) is 38.2 Å². The maximum absolute atomic E-state index is 12.9. The summed E-state index contributed by atoms with van der Waals surface area (Å²) in [7, 11) is 1.60. The molecule has 2 atom stereocenters. The summed E-state index contributed by atoms with van der Waals surface area (Å²) >= 11 is 0. The second-order valence-electron chi connectivity index (χ2n) is 7.33. The van der Waals surface area contributed by atoms with E-state index in [4.69, 9.17) is 4.74 Å². The number of amides is 2. The Balaban J connectivity index is 1.59. The Labute approximate surface area is 173 Å². The van der Waals surface area contributed by atoms with E-state index in [1.807, 2.05) is 28.8 Å². The highest BCUT2D eigenvalue weighted by Gasteiger charge is 2.27. The molecule has 2 amide bonds. The molecule has 1 aliphatic rings. The van der Waals surface area contributed by atoms with Crippen molar-refractivity contribution in [2.24, 2.45) is 0 Å². The van der Waals surface area contributed by atoms with Gasteiger partial charge in [-0.25, -0.2) is 0 Å². The Kier molecular flexibility index (Phi) is 5.78. The van der Waals surface area contributed by atoms with E-state index in [1.54, 1.807) is 31.6 Å². The molecule has 0 saturated carbocycles. The summed E-state index contributed by atoms with van der Waals surface area (Å²) in [5, 5.41) is 15.6. The molecule has 156 valence electrons. The largest absolute Gasteiger partial charge is 0.391 e. The van der Waals surface area contributed by atoms with Crippen LogP contribution in [0.5, 0.6) is 0 Å². The molecule has 1 saturated heterocycles. The van der Waals surface area contributed by atoms with Gasteiger partial charge in [0.05, 0.1) is 29.8 Å². The van der Waals surface area contributed by atoms with Crippen LogP contribution in [0.3, 0.4) is 0 Å². The fourth-order valence-corrected chi connectivity index (χ4v) is 3.63. The zero-order chi connectivity index (χ0) is 21.1. The summed E-state index contributed by atoms with van der Waals surface area (Å²) in [4.78, 5) is 29.0. The Morgan fingerprint density at radius 2 is 2.03 bits per heavy atom. The highest BCUT2D eigenvalue weighted by atomic mass is 16.5. The number of carbonyl (C=O) groups excluding carboxylic acids is 2. The average molecular weight is 408 g/mol. The first-order chi connectivity index (χ1) is 14.6. The summed E-state index contributed by atoms with van der Waals surface area (Å²) in [6.45, 7) is 1.31. The number of fused-ring (bicyclic) bond motifs is 1. The first-order valence-electron chi connectivity index (χ1n) is 9.88. The highest BCUT2D eigenvalue weighted by Crippen LogP contribution is 2.21. The molecule has 8 heteroatoms. The summed E-state index contributed by atoms with van der Waals surface area (Å²) in [6.07, 6.45) is 3.30. The molecule has 4 rings (SSSR count). The van der Waals surface area contributed by atoms with Gasteiger partial charge < -0.3 is 25.0 Å². The van der Waals surface area contributed by atoms with Crippen LogP contribution < -0.4 is 10.6 Å². The van der Waals surface area contributed by atoms with Gasteiger partial charge in [-0.3, -0.25) is 14.6 Å². The number of carbonyl (C=O) groups is 2. The topological polar surface area (TPSA) is 105 Å². The van der Waals surface area contributed by atoms with Gasteiger partial charge in [-0.05, 0) is 36.2 Å². The van der Waals surface area contributed by atoms with Crippen molar-refractivity contribution in [3.63, 3.8) is 0 Å². The lowest BCUT2D eigenvalue weighted by Gasteiger charge is -2.28. The minimum Gasteiger partial charge on any atom is -0.391 e. The fourth-order valence-electron chi connectivity index (χ4n) is 3.63. The number of aliphatic hydroxyl groups excluding tert-OH is 1. The number of nitrogens with one attached hydrogen (secondary N) is 2. The third-order valence-corrected chi connectivity index (χ3v) is 5.31. The molecule has 3 aromatic rings. The smallest absolute Gasteiger partial charge is 0.255 e. The lowest BCUT2D eigenvalue weighted by molar-refractivity contribution is -0.0139. The maximum Gasteiger partial charge on any atom is 0.255 e. The van der Waals surface area contributed by atoms with Crippen LogP contribution in [-0.2, 0) is 11.3 Å². The Morgan fingerprint density at radius 1 is 1.23 bits per heavy atom. The number of pyridine rings is 1.